The van der Waals surface area contributed by atoms with Crippen molar-refractivity contribution in [3.63, 3.8) is 0 Å². The average Bonchev–Trinajstić information content (AvgIpc) is 2.15. The monoisotopic (exact) mass is 275 g/mol. The SMILES string of the molecule is FC(F)(F)c1ccc2nc(Br)ccc2c1. The molecule has 0 saturated heterocycles. The summed E-state index contributed by atoms with van der Waals surface area (Å²) in [5.41, 5.74) is -0.114. The maximum Gasteiger partial charge on any atom is 0.416 e. The Hall–Kier alpha value is -1.10. The predicted molar refractivity (Wildman–Crippen MR) is 54.4 cm³/mol. The summed E-state index contributed by atoms with van der Waals surface area (Å²) in [6, 6.07) is 6.70. The van der Waals surface area contributed by atoms with Crippen molar-refractivity contribution >= 4 is 26.8 Å². The number of nitrogens with zero attached hydrogens (tertiary/aromatic N) is 1. The molecule has 0 aliphatic carbocycles. The fraction of sp³-hybridized carbons (Fsp3) is 0.100. The summed E-state index contributed by atoms with van der Waals surface area (Å²) >= 11 is 3.16. The molecule has 0 fully saturated rings. The quantitative estimate of drug-likeness (QED) is 0.662. The van der Waals surface area contributed by atoms with Gasteiger partial charge in [-0.2, -0.15) is 13.2 Å². The highest BCUT2D eigenvalue weighted by atomic mass is 79.9. The number of benzene rings is 1. The average molecular weight is 276 g/mol. The van der Waals surface area contributed by atoms with Crippen LogP contribution in [0.15, 0.2) is 34.9 Å². The Morgan fingerprint density at radius 1 is 1.07 bits per heavy atom. The molecule has 0 bridgehead atoms. The first kappa shape index (κ1) is 10.4. The molecule has 2 rings (SSSR count). The summed E-state index contributed by atoms with van der Waals surface area (Å²) in [6.45, 7) is 0. The summed E-state index contributed by atoms with van der Waals surface area (Å²) in [6.07, 6.45) is -4.30. The first-order valence-corrected chi connectivity index (χ1v) is 4.89. The zero-order valence-corrected chi connectivity index (χ0v) is 8.93. The Labute approximate surface area is 92.1 Å². The lowest BCUT2D eigenvalue weighted by Crippen LogP contribution is -2.04. The van der Waals surface area contributed by atoms with E-state index in [1.807, 2.05) is 0 Å². The van der Waals surface area contributed by atoms with Gasteiger partial charge in [-0.15, -0.1) is 0 Å². The number of rotatable bonds is 0. The molecule has 0 N–H and O–H groups in total. The molecule has 78 valence electrons. The van der Waals surface area contributed by atoms with Gasteiger partial charge in [0.2, 0.25) is 0 Å². The van der Waals surface area contributed by atoms with Gasteiger partial charge in [-0.05, 0) is 40.2 Å². The molecule has 1 heterocycles. The van der Waals surface area contributed by atoms with Gasteiger partial charge in [0.25, 0.3) is 0 Å². The van der Waals surface area contributed by atoms with E-state index in [0.29, 0.717) is 15.5 Å². The lowest BCUT2D eigenvalue weighted by molar-refractivity contribution is -0.137. The van der Waals surface area contributed by atoms with Crippen LogP contribution < -0.4 is 0 Å². The smallest absolute Gasteiger partial charge is 0.241 e. The Morgan fingerprint density at radius 2 is 1.80 bits per heavy atom. The second-order valence-corrected chi connectivity index (χ2v) is 3.85. The molecule has 0 amide bonds. The van der Waals surface area contributed by atoms with E-state index in [4.69, 9.17) is 0 Å². The van der Waals surface area contributed by atoms with E-state index in [1.54, 1.807) is 12.1 Å². The van der Waals surface area contributed by atoms with Crippen LogP contribution in [0.3, 0.4) is 0 Å². The molecular weight excluding hydrogens is 271 g/mol. The van der Waals surface area contributed by atoms with E-state index < -0.39 is 11.7 Å². The fourth-order valence-electron chi connectivity index (χ4n) is 1.28. The molecule has 1 aromatic carbocycles. The van der Waals surface area contributed by atoms with Crippen LogP contribution in [0.2, 0.25) is 0 Å². The van der Waals surface area contributed by atoms with Gasteiger partial charge < -0.3 is 0 Å². The predicted octanol–water partition coefficient (Wildman–Crippen LogP) is 4.02. The van der Waals surface area contributed by atoms with Gasteiger partial charge in [0.15, 0.2) is 0 Å². The largest absolute Gasteiger partial charge is 0.416 e. The first-order chi connectivity index (χ1) is 6.97. The standard InChI is InChI=1S/C10H5BrF3N/c11-9-4-1-6-5-7(10(12,13)14)2-3-8(6)15-9/h1-5H. The van der Waals surface area contributed by atoms with Crippen LogP contribution >= 0.6 is 15.9 Å². The zero-order valence-electron chi connectivity index (χ0n) is 7.35. The third-order valence-corrected chi connectivity index (χ3v) is 2.42. The molecule has 0 spiro atoms. The number of aromatic nitrogens is 1. The topological polar surface area (TPSA) is 12.9 Å². The third kappa shape index (κ3) is 2.12. The number of pyridine rings is 1. The maximum atomic E-state index is 12.4. The van der Waals surface area contributed by atoms with Crippen LogP contribution in [0.4, 0.5) is 13.2 Å². The number of halogens is 4. The second kappa shape index (κ2) is 3.48. The van der Waals surface area contributed by atoms with Gasteiger partial charge in [0.1, 0.15) is 4.60 Å². The molecule has 0 aliphatic heterocycles. The van der Waals surface area contributed by atoms with Gasteiger partial charge in [-0.3, -0.25) is 0 Å². The Morgan fingerprint density at radius 3 is 2.47 bits per heavy atom. The normalized spacial score (nSPS) is 12.0. The van der Waals surface area contributed by atoms with Crippen molar-refractivity contribution in [2.75, 3.05) is 0 Å². The molecule has 5 heteroatoms. The summed E-state index contributed by atoms with van der Waals surface area (Å²) < 4.78 is 37.7. The first-order valence-electron chi connectivity index (χ1n) is 4.10. The maximum absolute atomic E-state index is 12.4. The van der Waals surface area contributed by atoms with Crippen molar-refractivity contribution < 1.29 is 13.2 Å². The molecule has 0 aliphatic rings. The lowest BCUT2D eigenvalue weighted by atomic mass is 10.1. The molecule has 15 heavy (non-hydrogen) atoms. The Kier molecular flexibility index (Phi) is 2.42. The van der Waals surface area contributed by atoms with Gasteiger partial charge in [0.05, 0.1) is 11.1 Å². The van der Waals surface area contributed by atoms with Crippen molar-refractivity contribution in [2.24, 2.45) is 0 Å². The molecule has 0 radical (unpaired) electrons. The fourth-order valence-corrected chi connectivity index (χ4v) is 1.60. The van der Waals surface area contributed by atoms with Crippen LogP contribution in [0, 0.1) is 0 Å². The summed E-state index contributed by atoms with van der Waals surface area (Å²) in [5, 5.41) is 0.480. The van der Waals surface area contributed by atoms with Crippen LogP contribution in [0.25, 0.3) is 10.9 Å². The molecule has 0 atom stereocenters. The van der Waals surface area contributed by atoms with Crippen LogP contribution in [0.1, 0.15) is 5.56 Å². The van der Waals surface area contributed by atoms with Crippen molar-refractivity contribution in [1.82, 2.24) is 4.98 Å². The van der Waals surface area contributed by atoms with E-state index >= 15 is 0 Å². The summed E-state index contributed by atoms with van der Waals surface area (Å²) in [5.74, 6) is 0. The highest BCUT2D eigenvalue weighted by molar-refractivity contribution is 9.10. The van der Waals surface area contributed by atoms with Gasteiger partial charge in [0, 0.05) is 5.39 Å². The minimum Gasteiger partial charge on any atom is -0.241 e. The molecular formula is C10H5BrF3N. The Balaban J connectivity index is 2.62. The van der Waals surface area contributed by atoms with E-state index in [-0.39, 0.29) is 0 Å². The van der Waals surface area contributed by atoms with Gasteiger partial charge >= 0.3 is 6.18 Å². The van der Waals surface area contributed by atoms with Gasteiger partial charge in [-0.1, -0.05) is 6.07 Å². The van der Waals surface area contributed by atoms with Crippen LogP contribution in [0.5, 0.6) is 0 Å². The highest BCUT2D eigenvalue weighted by Crippen LogP contribution is 2.31. The Bertz CT molecular complexity index is 507. The van der Waals surface area contributed by atoms with Crippen molar-refractivity contribution in [2.45, 2.75) is 6.18 Å². The van der Waals surface area contributed by atoms with Crippen molar-refractivity contribution in [3.8, 4) is 0 Å². The van der Waals surface area contributed by atoms with Gasteiger partial charge in [-0.25, -0.2) is 4.98 Å². The third-order valence-electron chi connectivity index (χ3n) is 1.98. The zero-order chi connectivity index (χ0) is 11.1. The minimum atomic E-state index is -4.30. The molecule has 1 nitrogen and oxygen atoms in total. The molecule has 0 unspecified atom stereocenters. The minimum absolute atomic E-state index is 0.480. The highest BCUT2D eigenvalue weighted by Gasteiger charge is 2.30. The number of hydrogen-bond acceptors (Lipinski definition) is 1. The van der Waals surface area contributed by atoms with E-state index in [2.05, 4.69) is 20.9 Å². The summed E-state index contributed by atoms with van der Waals surface area (Å²) in [7, 11) is 0. The molecule has 1 aromatic heterocycles. The second-order valence-electron chi connectivity index (χ2n) is 3.04. The van der Waals surface area contributed by atoms with Crippen LogP contribution in [-0.2, 0) is 6.18 Å². The van der Waals surface area contributed by atoms with E-state index in [9.17, 15) is 13.2 Å². The number of hydrogen-bond donors (Lipinski definition) is 0. The van der Waals surface area contributed by atoms with E-state index in [0.717, 1.165) is 12.1 Å². The van der Waals surface area contributed by atoms with Crippen LogP contribution in [-0.4, -0.2) is 4.98 Å². The van der Waals surface area contributed by atoms with Crippen molar-refractivity contribution in [1.29, 1.82) is 0 Å². The van der Waals surface area contributed by atoms with Crippen molar-refractivity contribution in [3.05, 3.63) is 40.5 Å². The lowest BCUT2D eigenvalue weighted by Gasteiger charge is -2.07. The van der Waals surface area contributed by atoms with E-state index in [1.165, 1.54) is 6.07 Å². The number of alkyl halides is 3. The molecule has 2 aromatic rings. The summed E-state index contributed by atoms with van der Waals surface area (Å²) in [4.78, 5) is 4.05. The molecule has 0 saturated carbocycles. The number of fused-ring (bicyclic) bond motifs is 1.